The second kappa shape index (κ2) is 5.27. The Morgan fingerprint density at radius 2 is 1.78 bits per heavy atom. The highest BCUT2D eigenvalue weighted by Gasteiger charge is 2.31. The van der Waals surface area contributed by atoms with Gasteiger partial charge >= 0.3 is 0 Å². The lowest BCUT2D eigenvalue weighted by Gasteiger charge is -2.34. The molecule has 2 rings (SSSR count). The van der Waals surface area contributed by atoms with Gasteiger partial charge < -0.3 is 5.73 Å². The van der Waals surface area contributed by atoms with Gasteiger partial charge in [-0.2, -0.15) is 5.26 Å². The van der Waals surface area contributed by atoms with Gasteiger partial charge in [0.2, 0.25) is 0 Å². The molecule has 0 atom stereocenters. The van der Waals surface area contributed by atoms with Gasteiger partial charge in [-0.05, 0) is 18.4 Å². The van der Waals surface area contributed by atoms with E-state index >= 15 is 0 Å². The molecule has 0 bridgehead atoms. The summed E-state index contributed by atoms with van der Waals surface area (Å²) in [6.45, 7) is 2.20. The van der Waals surface area contributed by atoms with Gasteiger partial charge in [-0.15, -0.1) is 0 Å². The van der Waals surface area contributed by atoms with E-state index in [1.165, 1.54) is 19.3 Å². The van der Waals surface area contributed by atoms with Crippen molar-refractivity contribution < 1.29 is 0 Å². The van der Waals surface area contributed by atoms with E-state index in [9.17, 15) is 5.26 Å². The van der Waals surface area contributed by atoms with Crippen LogP contribution in [0.3, 0.4) is 0 Å². The lowest BCUT2D eigenvalue weighted by Crippen LogP contribution is -2.28. The molecule has 1 aromatic rings. The van der Waals surface area contributed by atoms with Crippen LogP contribution in [0.4, 0.5) is 0 Å². The molecule has 1 aromatic carbocycles. The summed E-state index contributed by atoms with van der Waals surface area (Å²) in [7, 11) is 0. The molecule has 0 saturated heterocycles. The molecule has 0 unspecified atom stereocenters. The van der Waals surface area contributed by atoms with Crippen molar-refractivity contribution in [1.82, 2.24) is 0 Å². The predicted molar refractivity (Wildman–Crippen MR) is 74.4 cm³/mol. The minimum Gasteiger partial charge on any atom is -0.401 e. The van der Waals surface area contributed by atoms with Gasteiger partial charge in [0, 0.05) is 11.1 Å². The second-order valence-electron chi connectivity index (χ2n) is 5.39. The zero-order valence-electron chi connectivity index (χ0n) is 10.9. The first-order valence-corrected chi connectivity index (χ1v) is 6.63. The van der Waals surface area contributed by atoms with Crippen molar-refractivity contribution >= 4 is 5.57 Å². The van der Waals surface area contributed by atoms with E-state index in [0.29, 0.717) is 5.57 Å². The van der Waals surface area contributed by atoms with E-state index in [1.54, 1.807) is 0 Å². The molecule has 94 valence electrons. The minimum absolute atomic E-state index is 0.000839. The number of nitrogens with zero attached hydrogens (tertiary/aromatic N) is 1. The Morgan fingerprint density at radius 1 is 1.17 bits per heavy atom. The van der Waals surface area contributed by atoms with E-state index in [1.807, 2.05) is 30.3 Å². The van der Waals surface area contributed by atoms with Gasteiger partial charge in [-0.3, -0.25) is 0 Å². The van der Waals surface area contributed by atoms with Crippen LogP contribution in [-0.2, 0) is 0 Å². The molecular formula is C16H20N2. The normalized spacial score (nSPS) is 19.8. The molecule has 1 saturated carbocycles. The fourth-order valence-corrected chi connectivity index (χ4v) is 2.79. The first-order valence-electron chi connectivity index (χ1n) is 6.63. The number of rotatable bonds is 2. The van der Waals surface area contributed by atoms with Crippen molar-refractivity contribution in [1.29, 1.82) is 5.26 Å². The van der Waals surface area contributed by atoms with Gasteiger partial charge in [0.25, 0.3) is 0 Å². The van der Waals surface area contributed by atoms with E-state index in [2.05, 4.69) is 13.0 Å². The Balaban J connectivity index is 2.41. The summed E-state index contributed by atoms with van der Waals surface area (Å²) in [4.78, 5) is 0. The van der Waals surface area contributed by atoms with Crippen LogP contribution in [0.25, 0.3) is 5.57 Å². The monoisotopic (exact) mass is 240 g/mol. The average Bonchev–Trinajstić information content (AvgIpc) is 2.41. The van der Waals surface area contributed by atoms with Crippen LogP contribution < -0.4 is 5.73 Å². The van der Waals surface area contributed by atoms with Crippen LogP contribution >= 0.6 is 0 Å². The maximum Gasteiger partial charge on any atom is 0.102 e. The lowest BCUT2D eigenvalue weighted by atomic mass is 9.72. The van der Waals surface area contributed by atoms with E-state index in [0.717, 1.165) is 24.1 Å². The van der Waals surface area contributed by atoms with Crippen molar-refractivity contribution in [3.05, 3.63) is 41.6 Å². The number of benzene rings is 1. The summed E-state index contributed by atoms with van der Waals surface area (Å²) in [5.41, 5.74) is 8.69. The Kier molecular flexibility index (Phi) is 3.72. The third-order valence-corrected chi connectivity index (χ3v) is 4.05. The molecule has 18 heavy (non-hydrogen) atoms. The molecule has 0 amide bonds. The van der Waals surface area contributed by atoms with Crippen LogP contribution in [0, 0.1) is 16.7 Å². The number of nitriles is 1. The molecule has 0 spiro atoms. The van der Waals surface area contributed by atoms with Crippen molar-refractivity contribution in [2.45, 2.75) is 39.0 Å². The fraction of sp³-hybridized carbons (Fsp3) is 0.438. The van der Waals surface area contributed by atoms with E-state index < -0.39 is 0 Å². The van der Waals surface area contributed by atoms with Crippen LogP contribution in [0.1, 0.15) is 44.6 Å². The van der Waals surface area contributed by atoms with Gasteiger partial charge in [-0.25, -0.2) is 0 Å². The summed E-state index contributed by atoms with van der Waals surface area (Å²) in [6, 6.07) is 12.1. The molecule has 1 aliphatic carbocycles. The van der Waals surface area contributed by atoms with Crippen molar-refractivity contribution in [3.8, 4) is 6.07 Å². The predicted octanol–water partition coefficient (Wildman–Crippen LogP) is 3.85. The molecule has 1 fully saturated rings. The first-order chi connectivity index (χ1) is 8.67. The van der Waals surface area contributed by atoms with Crippen LogP contribution in [0.2, 0.25) is 0 Å². The van der Waals surface area contributed by atoms with Crippen LogP contribution in [-0.4, -0.2) is 0 Å². The maximum absolute atomic E-state index is 9.41. The van der Waals surface area contributed by atoms with Gasteiger partial charge in [0.15, 0.2) is 0 Å². The van der Waals surface area contributed by atoms with E-state index in [-0.39, 0.29) is 5.41 Å². The van der Waals surface area contributed by atoms with Crippen molar-refractivity contribution in [3.63, 3.8) is 0 Å². The number of allylic oxidation sites excluding steroid dienone is 2. The van der Waals surface area contributed by atoms with Crippen molar-refractivity contribution in [2.75, 3.05) is 0 Å². The molecule has 2 nitrogen and oxygen atoms in total. The summed E-state index contributed by atoms with van der Waals surface area (Å²) >= 11 is 0. The van der Waals surface area contributed by atoms with Crippen LogP contribution in [0.15, 0.2) is 36.0 Å². The highest BCUT2D eigenvalue weighted by Crippen LogP contribution is 2.42. The Hall–Kier alpha value is -1.75. The lowest BCUT2D eigenvalue weighted by molar-refractivity contribution is 0.266. The summed E-state index contributed by atoms with van der Waals surface area (Å²) < 4.78 is 0. The molecule has 2 N–H and O–H groups in total. The smallest absolute Gasteiger partial charge is 0.102 e. The average molecular weight is 240 g/mol. The Morgan fingerprint density at radius 3 is 2.33 bits per heavy atom. The molecule has 0 radical (unpaired) electrons. The fourth-order valence-electron chi connectivity index (χ4n) is 2.79. The highest BCUT2D eigenvalue weighted by molar-refractivity contribution is 5.79. The maximum atomic E-state index is 9.41. The standard InChI is InChI=1S/C16H20N2/c1-16(10-6-3-7-11-16)15(18)14(12-17)13-8-4-2-5-9-13/h2,4-5,8-9H,3,6-7,10-11,18H2,1H3/b15-14+. The number of hydrogen-bond donors (Lipinski definition) is 1. The largest absolute Gasteiger partial charge is 0.401 e. The van der Waals surface area contributed by atoms with Gasteiger partial charge in [0.05, 0.1) is 5.57 Å². The zero-order chi connectivity index (χ0) is 13.0. The molecule has 0 heterocycles. The first kappa shape index (κ1) is 12.7. The Bertz CT molecular complexity index is 474. The molecule has 0 aliphatic heterocycles. The zero-order valence-corrected chi connectivity index (χ0v) is 10.9. The quantitative estimate of drug-likeness (QED) is 0.798. The third-order valence-electron chi connectivity index (χ3n) is 4.05. The minimum atomic E-state index is -0.000839. The molecule has 2 heteroatoms. The van der Waals surface area contributed by atoms with Crippen LogP contribution in [0.5, 0.6) is 0 Å². The highest BCUT2D eigenvalue weighted by atomic mass is 14.7. The molecule has 0 aromatic heterocycles. The van der Waals surface area contributed by atoms with E-state index in [4.69, 9.17) is 5.73 Å². The van der Waals surface area contributed by atoms with Gasteiger partial charge in [-0.1, -0.05) is 56.5 Å². The van der Waals surface area contributed by atoms with Crippen molar-refractivity contribution in [2.24, 2.45) is 11.1 Å². The number of hydrogen-bond acceptors (Lipinski definition) is 2. The topological polar surface area (TPSA) is 49.8 Å². The summed E-state index contributed by atoms with van der Waals surface area (Å²) in [5, 5.41) is 9.41. The summed E-state index contributed by atoms with van der Waals surface area (Å²) in [6.07, 6.45) is 5.90. The number of nitrogens with two attached hydrogens (primary N) is 1. The molecular weight excluding hydrogens is 220 g/mol. The molecule has 1 aliphatic rings. The van der Waals surface area contributed by atoms with Gasteiger partial charge in [0.1, 0.15) is 6.07 Å². The SMILES string of the molecule is CC1(/C(N)=C(/C#N)c2ccccc2)CCCCC1. The third kappa shape index (κ3) is 2.41. The summed E-state index contributed by atoms with van der Waals surface area (Å²) in [5.74, 6) is 0. The Labute approximate surface area is 109 Å². The second-order valence-corrected chi connectivity index (χ2v) is 5.39.